The molecule has 0 saturated heterocycles. The molecule has 0 aliphatic rings. The van der Waals surface area contributed by atoms with Gasteiger partial charge in [-0.15, -0.1) is 0 Å². The van der Waals surface area contributed by atoms with Gasteiger partial charge in [-0.3, -0.25) is 4.79 Å². The number of hydrogen-bond donors (Lipinski definition) is 0. The normalized spacial score (nSPS) is 8.45. The molecule has 0 amide bonds. The van der Waals surface area contributed by atoms with E-state index in [1.54, 1.807) is 13.0 Å². The van der Waals surface area contributed by atoms with Crippen molar-refractivity contribution in [2.75, 3.05) is 0 Å². The molecule has 0 spiro atoms. The van der Waals surface area contributed by atoms with Crippen LogP contribution in [0.1, 0.15) is 6.92 Å². The summed E-state index contributed by atoms with van der Waals surface area (Å²) in [5.74, 6) is 0. The van der Waals surface area contributed by atoms with Crippen LogP contribution < -0.4 is 0 Å². The zero-order valence-corrected chi connectivity index (χ0v) is 6.60. The first kappa shape index (κ1) is 9.63. The van der Waals surface area contributed by atoms with Crippen LogP contribution in [0, 0.1) is 0 Å². The van der Waals surface area contributed by atoms with Crippen LogP contribution in [0.2, 0.25) is 0 Å². The van der Waals surface area contributed by atoms with Crippen LogP contribution in [0.4, 0.5) is 0 Å². The molecular formula is C10H12O. The van der Waals surface area contributed by atoms with Crippen LogP contribution in [0.5, 0.6) is 0 Å². The SMILES string of the molecule is CC=CC=O.c1ccccc1. The molecule has 0 atom stereocenters. The first-order valence-electron chi connectivity index (χ1n) is 3.48. The molecule has 1 rings (SSSR count). The van der Waals surface area contributed by atoms with Gasteiger partial charge in [-0.25, -0.2) is 0 Å². The highest BCUT2D eigenvalue weighted by Gasteiger charge is 1.57. The maximum absolute atomic E-state index is 9.32. The molecule has 0 fully saturated rings. The third kappa shape index (κ3) is 8.63. The monoisotopic (exact) mass is 148 g/mol. The molecular weight excluding hydrogens is 136 g/mol. The Morgan fingerprint density at radius 3 is 1.36 bits per heavy atom. The maximum Gasteiger partial charge on any atom is 0.142 e. The second-order valence-corrected chi connectivity index (χ2v) is 1.82. The highest BCUT2D eigenvalue weighted by Crippen LogP contribution is 1.79. The van der Waals surface area contributed by atoms with E-state index in [0.29, 0.717) is 0 Å². The fourth-order valence-electron chi connectivity index (χ4n) is 0.463. The Balaban J connectivity index is 0.000000187. The molecule has 0 saturated carbocycles. The maximum atomic E-state index is 9.32. The van der Waals surface area contributed by atoms with E-state index in [9.17, 15) is 4.79 Å². The van der Waals surface area contributed by atoms with Gasteiger partial charge in [0.2, 0.25) is 0 Å². The van der Waals surface area contributed by atoms with E-state index in [4.69, 9.17) is 0 Å². The van der Waals surface area contributed by atoms with Gasteiger partial charge in [0.15, 0.2) is 0 Å². The van der Waals surface area contributed by atoms with E-state index in [2.05, 4.69) is 0 Å². The van der Waals surface area contributed by atoms with Gasteiger partial charge in [0.25, 0.3) is 0 Å². The highest BCUT2D eigenvalue weighted by molar-refractivity contribution is 5.64. The lowest BCUT2D eigenvalue weighted by molar-refractivity contribution is -0.104. The number of allylic oxidation sites excluding steroid dienone is 2. The van der Waals surface area contributed by atoms with Crippen molar-refractivity contribution in [1.82, 2.24) is 0 Å². The summed E-state index contributed by atoms with van der Waals surface area (Å²) in [6.07, 6.45) is 3.88. The Hall–Kier alpha value is -1.37. The molecule has 0 aromatic heterocycles. The summed E-state index contributed by atoms with van der Waals surface area (Å²) in [6.45, 7) is 1.80. The van der Waals surface area contributed by atoms with Gasteiger partial charge in [0.1, 0.15) is 6.29 Å². The molecule has 0 heterocycles. The van der Waals surface area contributed by atoms with Crippen LogP contribution in [-0.2, 0) is 4.79 Å². The smallest absolute Gasteiger partial charge is 0.142 e. The zero-order chi connectivity index (χ0) is 8.36. The minimum Gasteiger partial charge on any atom is -0.299 e. The Morgan fingerprint density at radius 2 is 1.27 bits per heavy atom. The van der Waals surface area contributed by atoms with Crippen molar-refractivity contribution in [3.8, 4) is 0 Å². The minimum absolute atomic E-state index is 0.750. The fraction of sp³-hybridized carbons (Fsp3) is 0.100. The van der Waals surface area contributed by atoms with Gasteiger partial charge in [0.05, 0.1) is 0 Å². The summed E-state index contributed by atoms with van der Waals surface area (Å²) in [5, 5.41) is 0. The molecule has 0 radical (unpaired) electrons. The van der Waals surface area contributed by atoms with Gasteiger partial charge >= 0.3 is 0 Å². The molecule has 58 valence electrons. The van der Waals surface area contributed by atoms with Crippen molar-refractivity contribution in [3.05, 3.63) is 48.6 Å². The molecule has 11 heavy (non-hydrogen) atoms. The van der Waals surface area contributed by atoms with Crippen molar-refractivity contribution in [2.45, 2.75) is 6.92 Å². The average Bonchev–Trinajstić information content (AvgIpc) is 2.10. The average molecular weight is 148 g/mol. The third-order valence-corrected chi connectivity index (χ3v) is 0.938. The first-order valence-corrected chi connectivity index (χ1v) is 3.48. The summed E-state index contributed by atoms with van der Waals surface area (Å²) >= 11 is 0. The van der Waals surface area contributed by atoms with Crippen LogP contribution in [0.25, 0.3) is 0 Å². The Morgan fingerprint density at radius 1 is 0.909 bits per heavy atom. The second-order valence-electron chi connectivity index (χ2n) is 1.82. The van der Waals surface area contributed by atoms with Crippen LogP contribution in [0.3, 0.4) is 0 Å². The van der Waals surface area contributed by atoms with E-state index in [1.807, 2.05) is 36.4 Å². The number of aldehydes is 1. The zero-order valence-electron chi connectivity index (χ0n) is 6.60. The summed E-state index contributed by atoms with van der Waals surface area (Å²) in [6, 6.07) is 12.0. The summed E-state index contributed by atoms with van der Waals surface area (Å²) in [5.41, 5.74) is 0. The summed E-state index contributed by atoms with van der Waals surface area (Å²) in [4.78, 5) is 9.32. The van der Waals surface area contributed by atoms with Crippen molar-refractivity contribution < 1.29 is 4.79 Å². The lowest BCUT2D eigenvalue weighted by Gasteiger charge is -1.69. The van der Waals surface area contributed by atoms with Crippen LogP contribution in [-0.4, -0.2) is 6.29 Å². The quantitative estimate of drug-likeness (QED) is 0.441. The van der Waals surface area contributed by atoms with Crippen LogP contribution >= 0.6 is 0 Å². The van der Waals surface area contributed by atoms with Gasteiger partial charge in [-0.05, 0) is 13.0 Å². The predicted octanol–water partition coefficient (Wildman–Crippen LogP) is 2.45. The number of benzene rings is 1. The second kappa shape index (κ2) is 8.63. The number of carbonyl (C=O) groups excluding carboxylic acids is 1. The van der Waals surface area contributed by atoms with Crippen molar-refractivity contribution in [2.24, 2.45) is 0 Å². The number of hydrogen-bond acceptors (Lipinski definition) is 1. The molecule has 1 heteroatoms. The molecule has 0 bridgehead atoms. The van der Waals surface area contributed by atoms with Crippen LogP contribution in [0.15, 0.2) is 48.6 Å². The lowest BCUT2D eigenvalue weighted by Crippen LogP contribution is -1.50. The van der Waals surface area contributed by atoms with Gasteiger partial charge < -0.3 is 0 Å². The van der Waals surface area contributed by atoms with E-state index < -0.39 is 0 Å². The van der Waals surface area contributed by atoms with Crippen molar-refractivity contribution in [1.29, 1.82) is 0 Å². The Labute approximate surface area is 67.4 Å². The van der Waals surface area contributed by atoms with E-state index >= 15 is 0 Å². The van der Waals surface area contributed by atoms with Crippen molar-refractivity contribution in [3.63, 3.8) is 0 Å². The Kier molecular flexibility index (Phi) is 7.56. The summed E-state index contributed by atoms with van der Waals surface area (Å²) < 4.78 is 0. The molecule has 0 aliphatic carbocycles. The number of rotatable bonds is 1. The highest BCUT2D eigenvalue weighted by atomic mass is 16.1. The molecule has 1 aromatic rings. The van der Waals surface area contributed by atoms with E-state index in [0.717, 1.165) is 6.29 Å². The fourth-order valence-corrected chi connectivity index (χ4v) is 0.463. The largest absolute Gasteiger partial charge is 0.299 e. The Bertz CT molecular complexity index is 163. The van der Waals surface area contributed by atoms with E-state index in [1.165, 1.54) is 6.08 Å². The molecule has 0 N–H and O–H groups in total. The molecule has 0 unspecified atom stereocenters. The third-order valence-electron chi connectivity index (χ3n) is 0.938. The summed E-state index contributed by atoms with van der Waals surface area (Å²) in [7, 11) is 0. The first-order chi connectivity index (χ1) is 5.41. The minimum atomic E-state index is 0.750. The standard InChI is InChI=1S/C6H6.C4H6O/c1-2-4-6-5-3-1;1-2-3-4-5/h1-6H;2-4H,1H3. The topological polar surface area (TPSA) is 17.1 Å². The van der Waals surface area contributed by atoms with Crippen molar-refractivity contribution >= 4 is 6.29 Å². The van der Waals surface area contributed by atoms with Gasteiger partial charge in [-0.1, -0.05) is 42.5 Å². The number of carbonyl (C=O) groups is 1. The lowest BCUT2D eigenvalue weighted by atomic mass is 10.4. The van der Waals surface area contributed by atoms with Gasteiger partial charge in [-0.2, -0.15) is 0 Å². The van der Waals surface area contributed by atoms with Gasteiger partial charge in [0, 0.05) is 0 Å². The molecule has 1 aromatic carbocycles. The molecule has 0 aliphatic heterocycles. The van der Waals surface area contributed by atoms with E-state index in [-0.39, 0.29) is 0 Å². The molecule has 1 nitrogen and oxygen atoms in total. The predicted molar refractivity (Wildman–Crippen MR) is 47.3 cm³/mol.